The number of carbonyl (C=O) groups is 1. The van der Waals surface area contributed by atoms with Gasteiger partial charge < -0.3 is 14.8 Å². The second-order valence-electron chi connectivity index (χ2n) is 5.48. The molecule has 2 heterocycles. The Balaban J connectivity index is 1.74. The van der Waals surface area contributed by atoms with Gasteiger partial charge in [-0.2, -0.15) is 0 Å². The van der Waals surface area contributed by atoms with Crippen molar-refractivity contribution in [2.45, 2.75) is 12.5 Å². The molecule has 0 aliphatic heterocycles. The van der Waals surface area contributed by atoms with Gasteiger partial charge in [0.2, 0.25) is 5.91 Å². The van der Waals surface area contributed by atoms with Crippen molar-refractivity contribution >= 4 is 11.6 Å². The van der Waals surface area contributed by atoms with Crippen molar-refractivity contribution in [1.29, 1.82) is 0 Å². The van der Waals surface area contributed by atoms with E-state index in [1.54, 1.807) is 22.9 Å². The molecule has 3 rings (SSSR count). The van der Waals surface area contributed by atoms with Gasteiger partial charge in [-0.3, -0.25) is 4.79 Å². The first-order valence-electron chi connectivity index (χ1n) is 7.45. The number of nitrogens with zero attached hydrogens (tertiary/aromatic N) is 2. The summed E-state index contributed by atoms with van der Waals surface area (Å²) in [5.41, 5.74) is 1.10. The molecule has 0 saturated carbocycles. The topological polar surface area (TPSA) is 66.6 Å². The number of aliphatic hydroxyl groups excluding tert-OH is 1. The molecule has 8 heteroatoms. The molecule has 2 N–H and O–H groups in total. The molecule has 0 spiro atoms. The molecule has 0 aliphatic rings. The van der Waals surface area contributed by atoms with E-state index in [-0.39, 0.29) is 12.0 Å². The Kier molecular flexibility index (Phi) is 4.71. The lowest BCUT2D eigenvalue weighted by Crippen LogP contribution is -2.32. The fourth-order valence-electron chi connectivity index (χ4n) is 2.49. The Morgan fingerprint density at radius 3 is 2.60 bits per heavy atom. The van der Waals surface area contributed by atoms with Gasteiger partial charge in [-0.05, 0) is 29.8 Å². The van der Waals surface area contributed by atoms with E-state index in [0.29, 0.717) is 11.3 Å². The van der Waals surface area contributed by atoms with Gasteiger partial charge in [-0.1, -0.05) is 6.07 Å². The minimum Gasteiger partial charge on any atom is -0.394 e. The lowest BCUT2D eigenvalue weighted by Gasteiger charge is -2.17. The van der Waals surface area contributed by atoms with Crippen LogP contribution in [0.2, 0.25) is 0 Å². The van der Waals surface area contributed by atoms with Crippen LogP contribution in [-0.2, 0) is 11.2 Å². The zero-order chi connectivity index (χ0) is 18.0. The van der Waals surface area contributed by atoms with E-state index in [9.17, 15) is 23.1 Å². The quantitative estimate of drug-likeness (QED) is 0.694. The zero-order valence-electron chi connectivity index (χ0n) is 12.9. The lowest BCUT2D eigenvalue weighted by atomic mass is 10.1. The van der Waals surface area contributed by atoms with E-state index in [4.69, 9.17) is 0 Å². The minimum absolute atomic E-state index is 0.0674. The zero-order valence-corrected chi connectivity index (χ0v) is 12.9. The number of rotatable bonds is 5. The summed E-state index contributed by atoms with van der Waals surface area (Å²) in [6, 6.07) is 5.83. The van der Waals surface area contributed by atoms with Gasteiger partial charge in [0.1, 0.15) is 5.65 Å². The molecular weight excluding hydrogens is 335 g/mol. The van der Waals surface area contributed by atoms with Gasteiger partial charge in [0.15, 0.2) is 17.5 Å². The van der Waals surface area contributed by atoms with Crippen molar-refractivity contribution in [3.63, 3.8) is 0 Å². The fraction of sp³-hybridized carbons (Fsp3) is 0.176. The molecule has 130 valence electrons. The third kappa shape index (κ3) is 3.63. The number of carbonyl (C=O) groups excluding carboxylic acids is 1. The van der Waals surface area contributed by atoms with Crippen LogP contribution >= 0.6 is 0 Å². The highest BCUT2D eigenvalue weighted by Crippen LogP contribution is 2.19. The molecule has 2 aromatic heterocycles. The van der Waals surface area contributed by atoms with E-state index in [1.165, 1.54) is 0 Å². The van der Waals surface area contributed by atoms with Crippen LogP contribution in [0.15, 0.2) is 42.7 Å². The first-order valence-corrected chi connectivity index (χ1v) is 7.45. The van der Waals surface area contributed by atoms with Crippen LogP contribution in [-0.4, -0.2) is 27.0 Å². The Morgan fingerprint density at radius 2 is 1.96 bits per heavy atom. The first kappa shape index (κ1) is 17.0. The van der Waals surface area contributed by atoms with Crippen molar-refractivity contribution in [3.05, 3.63) is 71.4 Å². The molecule has 25 heavy (non-hydrogen) atoms. The third-order valence-electron chi connectivity index (χ3n) is 3.68. The second-order valence-corrected chi connectivity index (χ2v) is 5.48. The van der Waals surface area contributed by atoms with E-state index >= 15 is 0 Å². The van der Waals surface area contributed by atoms with Crippen molar-refractivity contribution in [2.24, 2.45) is 0 Å². The van der Waals surface area contributed by atoms with Crippen molar-refractivity contribution in [1.82, 2.24) is 14.7 Å². The van der Waals surface area contributed by atoms with Crippen LogP contribution in [0.1, 0.15) is 17.3 Å². The Hall–Kier alpha value is -2.87. The first-order chi connectivity index (χ1) is 12.0. The summed E-state index contributed by atoms with van der Waals surface area (Å²) < 4.78 is 41.4. The average molecular weight is 349 g/mol. The van der Waals surface area contributed by atoms with Crippen molar-refractivity contribution in [2.75, 3.05) is 6.61 Å². The van der Waals surface area contributed by atoms with Crippen molar-refractivity contribution in [3.8, 4) is 0 Å². The van der Waals surface area contributed by atoms with Crippen LogP contribution in [0, 0.1) is 17.5 Å². The van der Waals surface area contributed by atoms with Crippen LogP contribution in [0.3, 0.4) is 0 Å². The van der Waals surface area contributed by atoms with Gasteiger partial charge in [0.25, 0.3) is 0 Å². The van der Waals surface area contributed by atoms with Crippen LogP contribution in [0.5, 0.6) is 0 Å². The molecule has 5 nitrogen and oxygen atoms in total. The largest absolute Gasteiger partial charge is 0.394 e. The summed E-state index contributed by atoms with van der Waals surface area (Å²) in [6.07, 6.45) is 3.38. The highest BCUT2D eigenvalue weighted by Gasteiger charge is 2.19. The Labute approximate surface area is 140 Å². The molecule has 0 saturated heterocycles. The van der Waals surface area contributed by atoms with Gasteiger partial charge in [-0.25, -0.2) is 18.2 Å². The number of nitrogens with one attached hydrogen (secondary N) is 1. The van der Waals surface area contributed by atoms with E-state index in [1.807, 2.05) is 12.1 Å². The van der Waals surface area contributed by atoms with E-state index in [0.717, 1.165) is 12.1 Å². The fourth-order valence-corrected chi connectivity index (χ4v) is 2.49. The molecule has 0 radical (unpaired) electrons. The summed E-state index contributed by atoms with van der Waals surface area (Å²) in [4.78, 5) is 16.4. The Morgan fingerprint density at radius 1 is 1.24 bits per heavy atom. The number of hydrogen-bond acceptors (Lipinski definition) is 3. The predicted octanol–water partition coefficient (Wildman–Crippen LogP) is 2.14. The monoisotopic (exact) mass is 349 g/mol. The van der Waals surface area contributed by atoms with E-state index in [2.05, 4.69) is 10.3 Å². The van der Waals surface area contributed by atoms with Gasteiger partial charge in [-0.15, -0.1) is 0 Å². The summed E-state index contributed by atoms with van der Waals surface area (Å²) in [5.74, 6) is -4.87. The highest BCUT2D eigenvalue weighted by atomic mass is 19.2. The van der Waals surface area contributed by atoms with Gasteiger partial charge >= 0.3 is 0 Å². The van der Waals surface area contributed by atoms with Gasteiger partial charge in [0, 0.05) is 12.4 Å². The smallest absolute Gasteiger partial charge is 0.226 e. The number of hydrogen-bond donors (Lipinski definition) is 2. The number of aliphatic hydroxyl groups is 1. The molecule has 0 bridgehead atoms. The lowest BCUT2D eigenvalue weighted by molar-refractivity contribution is -0.121. The molecule has 0 fully saturated rings. The molecule has 1 atom stereocenters. The molecule has 0 aliphatic carbocycles. The number of benzene rings is 1. The van der Waals surface area contributed by atoms with E-state index < -0.39 is 36.0 Å². The maximum absolute atomic E-state index is 13.3. The summed E-state index contributed by atoms with van der Waals surface area (Å²) >= 11 is 0. The predicted molar refractivity (Wildman–Crippen MR) is 83.2 cm³/mol. The number of amides is 1. The molecule has 3 aromatic rings. The minimum atomic E-state index is -1.60. The maximum atomic E-state index is 13.3. The Bertz CT molecular complexity index is 870. The second kappa shape index (κ2) is 6.94. The number of halogens is 3. The molecular formula is C17H14F3N3O2. The van der Waals surface area contributed by atoms with Crippen LogP contribution in [0.25, 0.3) is 5.65 Å². The molecule has 1 aromatic carbocycles. The standard InChI is InChI=1S/C17H14F3N3O2/c18-12-5-10(6-13(19)17(12)20)14(9-24)22-16(25)7-11-8-23-4-2-1-3-15(23)21-11/h1-6,8,14,24H,7,9H2,(H,22,25). The average Bonchev–Trinajstić information content (AvgIpc) is 2.99. The van der Waals surface area contributed by atoms with Crippen molar-refractivity contribution < 1.29 is 23.1 Å². The van der Waals surface area contributed by atoms with Crippen LogP contribution < -0.4 is 5.32 Å². The normalized spacial score (nSPS) is 12.3. The van der Waals surface area contributed by atoms with Gasteiger partial charge in [0.05, 0.1) is 24.8 Å². The summed E-state index contributed by atoms with van der Waals surface area (Å²) in [7, 11) is 0. The number of fused-ring (bicyclic) bond motifs is 1. The summed E-state index contributed by atoms with van der Waals surface area (Å²) in [5, 5.41) is 11.8. The SMILES string of the molecule is O=C(Cc1cn2ccccc2n1)NC(CO)c1cc(F)c(F)c(F)c1. The number of pyridine rings is 1. The number of aromatic nitrogens is 2. The van der Waals surface area contributed by atoms with Crippen LogP contribution in [0.4, 0.5) is 13.2 Å². The molecule has 1 amide bonds. The third-order valence-corrected chi connectivity index (χ3v) is 3.68. The molecule has 1 unspecified atom stereocenters. The number of imidazole rings is 1. The summed E-state index contributed by atoms with van der Waals surface area (Å²) in [6.45, 7) is -0.596. The highest BCUT2D eigenvalue weighted by molar-refractivity contribution is 5.78. The maximum Gasteiger partial charge on any atom is 0.226 e.